The molecule has 1 unspecified atom stereocenters. The predicted octanol–water partition coefficient (Wildman–Crippen LogP) is 0.778. The van der Waals surface area contributed by atoms with Crippen molar-refractivity contribution in [1.29, 1.82) is 0 Å². The van der Waals surface area contributed by atoms with Crippen molar-refractivity contribution in [3.8, 4) is 11.5 Å². The number of carbonyl (C=O) groups excluding carboxylic acids is 1. The Bertz CT molecular complexity index is 629. The summed E-state index contributed by atoms with van der Waals surface area (Å²) in [4.78, 5) is 18.2. The average Bonchev–Trinajstić information content (AvgIpc) is 2.80. The molecule has 22 heavy (non-hydrogen) atoms. The van der Waals surface area contributed by atoms with Crippen molar-refractivity contribution in [3.63, 3.8) is 0 Å². The summed E-state index contributed by atoms with van der Waals surface area (Å²) < 4.78 is 11.2. The Labute approximate surface area is 128 Å². The van der Waals surface area contributed by atoms with Crippen LogP contribution in [0.5, 0.6) is 11.5 Å². The molecule has 3 rings (SSSR count). The molecule has 0 aliphatic carbocycles. The number of aliphatic imine (C=N–C) groups is 1. The third-order valence-electron chi connectivity index (χ3n) is 3.87. The normalized spacial score (nSPS) is 19.2. The number of nitrogens with zero attached hydrogens (tertiary/aromatic N) is 2. The molecule has 0 saturated carbocycles. The van der Waals surface area contributed by atoms with Crippen LogP contribution in [0.25, 0.3) is 0 Å². The number of benzene rings is 1. The van der Waals surface area contributed by atoms with E-state index in [1.807, 2.05) is 17.9 Å². The fourth-order valence-electron chi connectivity index (χ4n) is 2.64. The molecule has 2 aliphatic heterocycles. The molecular formula is C15H19N3O4. The first kappa shape index (κ1) is 14.6. The molecule has 1 aromatic carbocycles. The number of nitrogens with one attached hydrogen (secondary N) is 1. The summed E-state index contributed by atoms with van der Waals surface area (Å²) >= 11 is 0. The number of methoxy groups -OCH3 is 1. The van der Waals surface area contributed by atoms with Crippen LogP contribution in [0.15, 0.2) is 17.1 Å². The molecule has 0 spiro atoms. The smallest absolute Gasteiger partial charge is 0.249 e. The lowest BCUT2D eigenvalue weighted by atomic mass is 10.1. The number of rotatable bonds is 5. The molecule has 1 fully saturated rings. The van der Waals surface area contributed by atoms with E-state index < -0.39 is 0 Å². The Morgan fingerprint density at radius 1 is 1.50 bits per heavy atom. The zero-order valence-electron chi connectivity index (χ0n) is 12.6. The van der Waals surface area contributed by atoms with Gasteiger partial charge in [0.15, 0.2) is 11.5 Å². The molecule has 2 N–H and O–H groups in total. The molecule has 7 nitrogen and oxygen atoms in total. The molecule has 0 radical (unpaired) electrons. The van der Waals surface area contributed by atoms with Crippen molar-refractivity contribution in [1.82, 2.24) is 10.2 Å². The summed E-state index contributed by atoms with van der Waals surface area (Å²) in [5.74, 6) is 1.79. The third kappa shape index (κ3) is 2.37. The van der Waals surface area contributed by atoms with E-state index in [1.54, 1.807) is 13.2 Å². The van der Waals surface area contributed by atoms with Crippen LogP contribution in [-0.4, -0.2) is 48.2 Å². The molecule has 1 aromatic rings. The lowest BCUT2D eigenvalue weighted by Gasteiger charge is -2.27. The Balaban J connectivity index is 1.93. The highest BCUT2D eigenvalue weighted by atomic mass is 16.5. The van der Waals surface area contributed by atoms with Crippen LogP contribution in [0.1, 0.15) is 18.9 Å². The van der Waals surface area contributed by atoms with Gasteiger partial charge in [0.25, 0.3) is 0 Å². The van der Waals surface area contributed by atoms with Crippen LogP contribution in [0.2, 0.25) is 0 Å². The summed E-state index contributed by atoms with van der Waals surface area (Å²) in [6, 6.07) is 3.40. The van der Waals surface area contributed by atoms with Gasteiger partial charge in [-0.25, -0.2) is 4.99 Å². The second kappa shape index (κ2) is 5.84. The molecule has 1 atom stereocenters. The van der Waals surface area contributed by atoms with Crippen molar-refractivity contribution in [3.05, 3.63) is 17.7 Å². The number of guanidine groups is 1. The van der Waals surface area contributed by atoms with E-state index in [0.29, 0.717) is 37.0 Å². The summed E-state index contributed by atoms with van der Waals surface area (Å²) in [6.45, 7) is 2.88. The van der Waals surface area contributed by atoms with Crippen LogP contribution in [-0.2, 0) is 11.3 Å². The molecule has 1 amide bonds. The SMILES string of the molecule is COc1c(OCCCO)ccc2c1CN1C(=N2)NC(=O)C1C. The maximum Gasteiger partial charge on any atom is 0.249 e. The number of hydrogen-bond donors (Lipinski definition) is 2. The molecule has 2 heterocycles. The zero-order valence-corrected chi connectivity index (χ0v) is 12.6. The lowest BCUT2D eigenvalue weighted by Crippen LogP contribution is -2.35. The Morgan fingerprint density at radius 3 is 3.05 bits per heavy atom. The van der Waals surface area contributed by atoms with Gasteiger partial charge < -0.3 is 19.5 Å². The van der Waals surface area contributed by atoms with Gasteiger partial charge in [-0.1, -0.05) is 0 Å². The van der Waals surface area contributed by atoms with E-state index in [2.05, 4.69) is 10.3 Å². The maximum atomic E-state index is 11.8. The van der Waals surface area contributed by atoms with Gasteiger partial charge >= 0.3 is 0 Å². The second-order valence-electron chi connectivity index (χ2n) is 5.25. The standard InChI is InChI=1S/C15H19N3O4/c1-9-14(20)17-15-16-11-4-5-12(22-7-3-6-19)13(21-2)10(11)8-18(9)15/h4-5,9,19H,3,6-8H2,1-2H3,(H,16,17,20). The monoisotopic (exact) mass is 305 g/mol. The topological polar surface area (TPSA) is 83.4 Å². The minimum atomic E-state index is -0.254. The van der Waals surface area contributed by atoms with Gasteiger partial charge in [-0.05, 0) is 19.1 Å². The number of carbonyl (C=O) groups is 1. The number of ether oxygens (including phenoxy) is 2. The molecule has 0 aromatic heterocycles. The summed E-state index contributed by atoms with van der Waals surface area (Å²) in [5, 5.41) is 11.6. The largest absolute Gasteiger partial charge is 0.492 e. The molecule has 118 valence electrons. The molecule has 7 heteroatoms. The van der Waals surface area contributed by atoms with E-state index in [-0.39, 0.29) is 18.6 Å². The van der Waals surface area contributed by atoms with Crippen LogP contribution in [0.4, 0.5) is 5.69 Å². The number of amides is 1. The second-order valence-corrected chi connectivity index (χ2v) is 5.25. The van der Waals surface area contributed by atoms with Gasteiger partial charge in [0.05, 0.1) is 25.9 Å². The van der Waals surface area contributed by atoms with Crippen molar-refractivity contribution in [2.75, 3.05) is 20.3 Å². The van der Waals surface area contributed by atoms with Crippen molar-refractivity contribution < 1.29 is 19.4 Å². The van der Waals surface area contributed by atoms with E-state index in [4.69, 9.17) is 14.6 Å². The van der Waals surface area contributed by atoms with Crippen molar-refractivity contribution in [2.45, 2.75) is 25.9 Å². The summed E-state index contributed by atoms with van der Waals surface area (Å²) in [5.41, 5.74) is 1.67. The summed E-state index contributed by atoms with van der Waals surface area (Å²) in [7, 11) is 1.59. The Hall–Kier alpha value is -2.28. The highest BCUT2D eigenvalue weighted by molar-refractivity contribution is 6.07. The number of hydrogen-bond acceptors (Lipinski definition) is 6. The number of aliphatic hydroxyl groups is 1. The van der Waals surface area contributed by atoms with Crippen LogP contribution >= 0.6 is 0 Å². The van der Waals surface area contributed by atoms with Gasteiger partial charge in [0, 0.05) is 18.6 Å². The number of aliphatic hydroxyl groups excluding tert-OH is 1. The van der Waals surface area contributed by atoms with Crippen molar-refractivity contribution in [2.24, 2.45) is 4.99 Å². The first-order valence-electron chi connectivity index (χ1n) is 7.25. The quantitative estimate of drug-likeness (QED) is 0.785. The van der Waals surface area contributed by atoms with Gasteiger partial charge in [-0.15, -0.1) is 0 Å². The van der Waals surface area contributed by atoms with E-state index >= 15 is 0 Å². The fraction of sp³-hybridized carbons (Fsp3) is 0.467. The first-order chi connectivity index (χ1) is 10.7. The highest BCUT2D eigenvalue weighted by Gasteiger charge is 2.37. The van der Waals surface area contributed by atoms with Crippen LogP contribution in [0.3, 0.4) is 0 Å². The highest BCUT2D eigenvalue weighted by Crippen LogP contribution is 2.41. The molecular weight excluding hydrogens is 286 g/mol. The minimum absolute atomic E-state index is 0.0510. The van der Waals surface area contributed by atoms with Gasteiger partial charge in [0.1, 0.15) is 6.04 Å². The van der Waals surface area contributed by atoms with Crippen LogP contribution < -0.4 is 14.8 Å². The fourth-order valence-corrected chi connectivity index (χ4v) is 2.64. The molecule has 2 aliphatic rings. The molecule has 0 bridgehead atoms. The van der Waals surface area contributed by atoms with Gasteiger partial charge in [0.2, 0.25) is 11.9 Å². The van der Waals surface area contributed by atoms with Gasteiger partial charge in [-0.2, -0.15) is 0 Å². The molecule has 1 saturated heterocycles. The van der Waals surface area contributed by atoms with Crippen molar-refractivity contribution >= 4 is 17.6 Å². The first-order valence-corrected chi connectivity index (χ1v) is 7.25. The minimum Gasteiger partial charge on any atom is -0.492 e. The van der Waals surface area contributed by atoms with Gasteiger partial charge in [-0.3, -0.25) is 10.1 Å². The van der Waals surface area contributed by atoms with E-state index in [1.165, 1.54) is 0 Å². The van der Waals surface area contributed by atoms with Crippen LogP contribution in [0, 0.1) is 0 Å². The van der Waals surface area contributed by atoms with E-state index in [9.17, 15) is 4.79 Å². The average molecular weight is 305 g/mol. The Kier molecular flexibility index (Phi) is 3.89. The number of fused-ring (bicyclic) bond motifs is 2. The third-order valence-corrected chi connectivity index (χ3v) is 3.87. The summed E-state index contributed by atoms with van der Waals surface area (Å²) in [6.07, 6.45) is 0.560. The lowest BCUT2D eigenvalue weighted by molar-refractivity contribution is -0.121. The predicted molar refractivity (Wildman–Crippen MR) is 80.4 cm³/mol. The van der Waals surface area contributed by atoms with E-state index in [0.717, 1.165) is 11.3 Å². The zero-order chi connectivity index (χ0) is 15.7. The Morgan fingerprint density at radius 2 is 2.32 bits per heavy atom. The maximum absolute atomic E-state index is 11.8.